The van der Waals surface area contributed by atoms with E-state index in [-0.39, 0.29) is 35.7 Å². The van der Waals surface area contributed by atoms with Crippen molar-refractivity contribution in [2.24, 2.45) is 11.7 Å². The average molecular weight is 743 g/mol. The summed E-state index contributed by atoms with van der Waals surface area (Å²) in [6.45, 7) is 8.50. The van der Waals surface area contributed by atoms with Gasteiger partial charge in [0, 0.05) is 55.0 Å². The van der Waals surface area contributed by atoms with Gasteiger partial charge in [0.15, 0.2) is 0 Å². The lowest BCUT2D eigenvalue weighted by atomic mass is 9.76. The first-order chi connectivity index (χ1) is 24.1. The molecule has 0 saturated carbocycles. The van der Waals surface area contributed by atoms with E-state index in [2.05, 4.69) is 5.32 Å². The van der Waals surface area contributed by atoms with E-state index in [9.17, 15) is 22.4 Å². The van der Waals surface area contributed by atoms with Crippen LogP contribution >= 0.6 is 11.6 Å². The molecule has 0 spiro atoms. The zero-order valence-corrected chi connectivity index (χ0v) is 31.1. The molecule has 2 fully saturated rings. The van der Waals surface area contributed by atoms with Crippen LogP contribution < -0.4 is 11.1 Å². The van der Waals surface area contributed by atoms with Gasteiger partial charge in [-0.1, -0.05) is 41.9 Å². The van der Waals surface area contributed by atoms with Gasteiger partial charge in [0.2, 0.25) is 15.9 Å². The third-order valence-corrected chi connectivity index (χ3v) is 11.8. The van der Waals surface area contributed by atoms with Crippen molar-refractivity contribution in [3.63, 3.8) is 0 Å². The maximum Gasteiger partial charge on any atom is 0.410 e. The zero-order chi connectivity index (χ0) is 36.9. The van der Waals surface area contributed by atoms with E-state index in [4.69, 9.17) is 26.8 Å². The van der Waals surface area contributed by atoms with Crippen LogP contribution in [0.15, 0.2) is 77.7 Å². The average Bonchev–Trinajstić information content (AvgIpc) is 3.08. The number of hydrogen-bond acceptors (Lipinski definition) is 7. The highest BCUT2D eigenvalue weighted by molar-refractivity contribution is 7.89. The molecule has 2 aliphatic heterocycles. The van der Waals surface area contributed by atoms with Crippen LogP contribution in [0.25, 0.3) is 0 Å². The van der Waals surface area contributed by atoms with Crippen molar-refractivity contribution in [2.75, 3.05) is 31.6 Å². The Hall–Kier alpha value is -3.55. The number of nitrogens with two attached hydrogens (primary N) is 1. The first kappa shape index (κ1) is 38.7. The smallest absolute Gasteiger partial charge is 0.410 e. The molecule has 10 nitrogen and oxygen atoms in total. The third kappa shape index (κ3) is 9.66. The molecule has 276 valence electrons. The number of para-hydroxylation sites is 1. The van der Waals surface area contributed by atoms with Gasteiger partial charge < -0.3 is 25.4 Å². The van der Waals surface area contributed by atoms with Crippen LogP contribution in [0, 0.1) is 11.7 Å². The number of anilines is 1. The zero-order valence-electron chi connectivity index (χ0n) is 29.6. The summed E-state index contributed by atoms with van der Waals surface area (Å²) in [6.07, 6.45) is 1.73. The monoisotopic (exact) mass is 742 g/mol. The van der Waals surface area contributed by atoms with E-state index in [1.54, 1.807) is 45.9 Å². The summed E-state index contributed by atoms with van der Waals surface area (Å²) < 4.78 is 54.5. The number of rotatable bonds is 10. The second kappa shape index (κ2) is 16.4. The molecule has 13 heteroatoms. The van der Waals surface area contributed by atoms with Crippen LogP contribution in [-0.4, -0.2) is 79.7 Å². The fraction of sp³-hybridized carbons (Fsp3) is 0.474. The normalized spacial score (nSPS) is 20.4. The first-order valence-electron chi connectivity index (χ1n) is 17.4. The van der Waals surface area contributed by atoms with E-state index in [0.717, 1.165) is 36.1 Å². The fourth-order valence-electron chi connectivity index (χ4n) is 7.12. The number of piperazine rings is 1. The summed E-state index contributed by atoms with van der Waals surface area (Å²) in [5, 5.41) is 3.66. The standard InChI is InChI=1S/C38H48ClFN4O6S/c1-25-23-43(37(46)50-38(2,3)4)24-31(44(25)51(47,48)32-17-14-30(40)15-18-32)16-11-26-7-5-6-8-33(26)42-36(45)35(41)34(28-19-21-49-22-20-28)27-9-12-29(39)13-10-27/h5-10,12-15,17-18,25,28,31,34-35H,11,16,19-24,41H2,1-4H3,(H,42,45)/t25-,31+,34+,35+/m1/s1. The predicted octanol–water partition coefficient (Wildman–Crippen LogP) is 6.59. The molecule has 51 heavy (non-hydrogen) atoms. The van der Waals surface area contributed by atoms with E-state index in [0.29, 0.717) is 36.8 Å². The lowest BCUT2D eigenvalue weighted by molar-refractivity contribution is -0.118. The van der Waals surface area contributed by atoms with E-state index >= 15 is 0 Å². The number of halogens is 2. The molecule has 3 aromatic carbocycles. The highest BCUT2D eigenvalue weighted by Crippen LogP contribution is 2.36. The molecule has 2 heterocycles. The van der Waals surface area contributed by atoms with Gasteiger partial charge >= 0.3 is 6.09 Å². The Balaban J connectivity index is 1.38. The Morgan fingerprint density at radius 3 is 2.31 bits per heavy atom. The van der Waals surface area contributed by atoms with Crippen LogP contribution in [0.4, 0.5) is 14.9 Å². The number of nitrogens with one attached hydrogen (secondary N) is 1. The van der Waals surface area contributed by atoms with Crippen molar-refractivity contribution in [1.82, 2.24) is 9.21 Å². The van der Waals surface area contributed by atoms with Gasteiger partial charge in [-0.2, -0.15) is 4.31 Å². The SMILES string of the molecule is C[C@@H]1CN(C(=O)OC(C)(C)C)C[C@H](CCc2ccccc2NC(=O)[C@@H](N)[C@@H](c2ccc(Cl)cc2)C2CCOCC2)N1S(=O)(=O)c1ccc(F)cc1. The number of aryl methyl sites for hydroxylation is 1. The summed E-state index contributed by atoms with van der Waals surface area (Å²) in [4.78, 5) is 28.6. The molecule has 2 saturated heterocycles. The first-order valence-corrected chi connectivity index (χ1v) is 19.2. The molecule has 4 atom stereocenters. The molecular weight excluding hydrogens is 695 g/mol. The molecule has 3 N–H and O–H groups in total. The highest BCUT2D eigenvalue weighted by Gasteiger charge is 2.43. The largest absolute Gasteiger partial charge is 0.444 e. The number of nitrogens with zero attached hydrogens (tertiary/aromatic N) is 2. The molecule has 2 amide bonds. The number of amides is 2. The van der Waals surface area contributed by atoms with Gasteiger partial charge in [-0.25, -0.2) is 17.6 Å². The van der Waals surface area contributed by atoms with Crippen LogP contribution in [0.1, 0.15) is 64.0 Å². The van der Waals surface area contributed by atoms with E-state index < -0.39 is 45.7 Å². The molecular formula is C38H48ClFN4O6S. The maximum atomic E-state index is 14.0. The van der Waals surface area contributed by atoms with Crippen molar-refractivity contribution >= 4 is 39.3 Å². The molecule has 3 aromatic rings. The molecule has 0 aliphatic carbocycles. The second-order valence-electron chi connectivity index (χ2n) is 14.4. The van der Waals surface area contributed by atoms with E-state index in [1.807, 2.05) is 30.3 Å². The summed E-state index contributed by atoms with van der Waals surface area (Å²) in [7, 11) is -4.07. The number of carbonyl (C=O) groups excluding carboxylic acids is 2. The Morgan fingerprint density at radius 2 is 1.67 bits per heavy atom. The van der Waals surface area contributed by atoms with Crippen LogP contribution in [0.3, 0.4) is 0 Å². The number of carbonyl (C=O) groups is 2. The molecule has 5 rings (SSSR count). The number of hydrogen-bond donors (Lipinski definition) is 2. The molecule has 2 aliphatic rings. The van der Waals surface area contributed by atoms with Crippen molar-refractivity contribution in [1.29, 1.82) is 0 Å². The van der Waals surface area contributed by atoms with Gasteiger partial charge in [-0.3, -0.25) is 4.79 Å². The minimum atomic E-state index is -4.07. The third-order valence-electron chi connectivity index (χ3n) is 9.49. The minimum Gasteiger partial charge on any atom is -0.444 e. The van der Waals surface area contributed by atoms with E-state index in [1.165, 1.54) is 21.3 Å². The Bertz CT molecular complexity index is 1760. The number of benzene rings is 3. The van der Waals surface area contributed by atoms with Crippen molar-refractivity contribution in [2.45, 2.75) is 87.9 Å². The summed E-state index contributed by atoms with van der Waals surface area (Å²) >= 11 is 6.18. The summed E-state index contributed by atoms with van der Waals surface area (Å²) in [5.41, 5.74) is 8.31. The Morgan fingerprint density at radius 1 is 1.02 bits per heavy atom. The summed E-state index contributed by atoms with van der Waals surface area (Å²) in [5.74, 6) is -0.993. The van der Waals surface area contributed by atoms with Crippen LogP contribution in [0.2, 0.25) is 5.02 Å². The molecule has 0 bridgehead atoms. The maximum absolute atomic E-state index is 14.0. The molecule has 0 unspecified atom stereocenters. The lowest BCUT2D eigenvalue weighted by Gasteiger charge is -2.44. The lowest BCUT2D eigenvalue weighted by Crippen LogP contribution is -2.61. The van der Waals surface area contributed by atoms with Crippen molar-refractivity contribution < 1.29 is 31.9 Å². The van der Waals surface area contributed by atoms with Crippen molar-refractivity contribution in [3.05, 3.63) is 94.8 Å². The van der Waals surface area contributed by atoms with Gasteiger partial charge in [-0.05, 0) is 113 Å². The predicted molar refractivity (Wildman–Crippen MR) is 196 cm³/mol. The molecule has 0 radical (unpaired) electrons. The summed E-state index contributed by atoms with van der Waals surface area (Å²) in [6, 6.07) is 17.4. The molecule has 0 aromatic heterocycles. The number of sulfonamides is 1. The van der Waals surface area contributed by atoms with Gasteiger partial charge in [0.1, 0.15) is 11.4 Å². The van der Waals surface area contributed by atoms with Crippen LogP contribution in [0.5, 0.6) is 0 Å². The fourth-order valence-corrected chi connectivity index (χ4v) is 9.07. The van der Waals surface area contributed by atoms with Gasteiger partial charge in [0.25, 0.3) is 0 Å². The Kier molecular flexibility index (Phi) is 12.4. The van der Waals surface area contributed by atoms with Crippen LogP contribution in [-0.2, 0) is 30.7 Å². The number of ether oxygens (including phenoxy) is 2. The van der Waals surface area contributed by atoms with Gasteiger partial charge in [-0.15, -0.1) is 0 Å². The van der Waals surface area contributed by atoms with Crippen molar-refractivity contribution in [3.8, 4) is 0 Å². The highest BCUT2D eigenvalue weighted by atomic mass is 35.5. The topological polar surface area (TPSA) is 131 Å². The Labute approximate surface area is 305 Å². The second-order valence-corrected chi connectivity index (χ2v) is 16.7. The van der Waals surface area contributed by atoms with Gasteiger partial charge in [0.05, 0.1) is 10.9 Å². The minimum absolute atomic E-state index is 0.0344. The quantitative estimate of drug-likeness (QED) is 0.240.